The first-order valence-corrected chi connectivity index (χ1v) is 1.73. The molecule has 0 saturated heterocycles. The average Bonchev–Trinajstić information content (AvgIpc) is 0.811. The van der Waals surface area contributed by atoms with E-state index in [1.807, 2.05) is 0 Å². The van der Waals surface area contributed by atoms with E-state index in [4.69, 9.17) is 0 Å². The molecule has 1 heteroatoms. The van der Waals surface area contributed by atoms with E-state index >= 15 is 0 Å². The summed E-state index contributed by atoms with van der Waals surface area (Å²) in [7, 11) is 0. The second-order valence-corrected chi connectivity index (χ2v) is 1.73. The van der Waals surface area contributed by atoms with Gasteiger partial charge >= 0.3 is 21.1 Å². The van der Waals surface area contributed by atoms with E-state index in [1.54, 1.807) is 0 Å². The quantitative estimate of drug-likeness (QED) is 0.601. The molecule has 0 unspecified atom stereocenters. The van der Waals surface area contributed by atoms with Crippen molar-refractivity contribution in [2.24, 2.45) is 5.92 Å². The van der Waals surface area contributed by atoms with Gasteiger partial charge in [0.1, 0.15) is 0 Å². The molecule has 0 aliphatic heterocycles. The van der Waals surface area contributed by atoms with Crippen molar-refractivity contribution in [3.63, 3.8) is 0 Å². The Morgan fingerprint density at radius 2 is 0.667 bits per heavy atom. The summed E-state index contributed by atoms with van der Waals surface area (Å²) in [6.07, 6.45) is 0. The van der Waals surface area contributed by atoms with Gasteiger partial charge in [0.05, 0.1) is 0 Å². The smallest absolute Gasteiger partial charge is 0.358 e. The van der Waals surface area contributed by atoms with Crippen LogP contribution in [0.5, 0.6) is 0 Å². The average molecular weight is 313 g/mol. The Hall–Kier alpha value is 0.688. The van der Waals surface area contributed by atoms with Crippen LogP contribution in [0.4, 0.5) is 0 Å². The summed E-state index contributed by atoms with van der Waals surface area (Å²) in [4.78, 5) is 0. The summed E-state index contributed by atoms with van der Waals surface area (Å²) >= 11 is 0. The van der Waals surface area contributed by atoms with Gasteiger partial charge in [0.25, 0.3) is 0 Å². The molecule has 0 fully saturated rings. The van der Waals surface area contributed by atoms with Crippen LogP contribution in [0, 0.1) is 35.6 Å². The Morgan fingerprint density at radius 3 is 0.667 bits per heavy atom. The molecule has 9 heavy (non-hydrogen) atoms. The van der Waals surface area contributed by atoms with E-state index in [1.165, 1.54) is 0 Å². The Balaban J connectivity index is -0.00000000450. The molecule has 0 amide bonds. The minimum absolute atomic E-state index is 0. The third kappa shape index (κ3) is 820. The zero-order valence-corrected chi connectivity index (χ0v) is 10.2. The SMILES string of the molecule is CC(C)C.[CH3-].[CH3-].[CH3-].[CH3-].[Pt+4]. The first-order valence-electron chi connectivity index (χ1n) is 1.73. The minimum atomic E-state index is 0. The molecule has 0 aromatic heterocycles. The molecule has 0 aliphatic rings. The van der Waals surface area contributed by atoms with E-state index in [-0.39, 0.29) is 50.8 Å². The summed E-state index contributed by atoms with van der Waals surface area (Å²) < 4.78 is 0. The van der Waals surface area contributed by atoms with Crippen molar-refractivity contribution in [1.29, 1.82) is 0 Å². The van der Waals surface area contributed by atoms with E-state index in [2.05, 4.69) is 20.8 Å². The Kier molecular flexibility index (Phi) is 226. The molecule has 0 aliphatic carbocycles. The normalized spacial score (nSPS) is 4.00. The van der Waals surface area contributed by atoms with Gasteiger partial charge in [-0.15, -0.1) is 0 Å². The molecule has 0 rings (SSSR count). The fourth-order valence-corrected chi connectivity index (χ4v) is 0. The van der Waals surface area contributed by atoms with Crippen LogP contribution in [0.25, 0.3) is 0 Å². The summed E-state index contributed by atoms with van der Waals surface area (Å²) in [5, 5.41) is 0. The van der Waals surface area contributed by atoms with Gasteiger partial charge in [-0.3, -0.25) is 0 Å². The van der Waals surface area contributed by atoms with Gasteiger partial charge in [-0.05, 0) is 5.92 Å². The van der Waals surface area contributed by atoms with Crippen molar-refractivity contribution < 1.29 is 21.1 Å². The zero-order valence-electron chi connectivity index (χ0n) is 7.89. The van der Waals surface area contributed by atoms with E-state index in [0.29, 0.717) is 0 Å². The van der Waals surface area contributed by atoms with Gasteiger partial charge in [-0.2, -0.15) is 0 Å². The van der Waals surface area contributed by atoms with Crippen molar-refractivity contribution >= 4 is 0 Å². The molecule has 0 saturated carbocycles. The van der Waals surface area contributed by atoms with Crippen LogP contribution in [0.1, 0.15) is 20.8 Å². The van der Waals surface area contributed by atoms with Crippen LogP contribution in [-0.2, 0) is 21.1 Å². The topological polar surface area (TPSA) is 0 Å². The monoisotopic (exact) mass is 313 g/mol. The van der Waals surface area contributed by atoms with Crippen LogP contribution in [0.3, 0.4) is 0 Å². The van der Waals surface area contributed by atoms with Crippen molar-refractivity contribution in [3.05, 3.63) is 29.7 Å². The molecule has 0 spiro atoms. The minimum Gasteiger partial charge on any atom is -0.358 e. The first-order chi connectivity index (χ1) is 1.73. The number of hydrogen-bond donors (Lipinski definition) is 0. The predicted octanol–water partition coefficient (Wildman–Crippen LogP) is 3.46. The van der Waals surface area contributed by atoms with Gasteiger partial charge in [0.15, 0.2) is 0 Å². The van der Waals surface area contributed by atoms with Crippen LogP contribution in [0.2, 0.25) is 0 Å². The van der Waals surface area contributed by atoms with Gasteiger partial charge in [0, 0.05) is 0 Å². The molecule has 0 heterocycles. The summed E-state index contributed by atoms with van der Waals surface area (Å²) in [6.45, 7) is 6.50. The van der Waals surface area contributed by atoms with Crippen LogP contribution in [0.15, 0.2) is 0 Å². The van der Waals surface area contributed by atoms with Gasteiger partial charge < -0.3 is 29.7 Å². The van der Waals surface area contributed by atoms with E-state index in [9.17, 15) is 0 Å². The molecule has 0 radical (unpaired) electrons. The third-order valence-electron chi connectivity index (χ3n) is 0. The maximum Gasteiger partial charge on any atom is 4.00 e. The molecule has 0 aromatic rings. The molecule has 0 bridgehead atoms. The molecular weight excluding hydrogens is 291 g/mol. The fourth-order valence-electron chi connectivity index (χ4n) is 0. The van der Waals surface area contributed by atoms with Crippen molar-refractivity contribution in [1.82, 2.24) is 0 Å². The third-order valence-corrected chi connectivity index (χ3v) is 0. The van der Waals surface area contributed by atoms with Gasteiger partial charge in [-0.25, -0.2) is 0 Å². The van der Waals surface area contributed by atoms with E-state index in [0.717, 1.165) is 5.92 Å². The van der Waals surface area contributed by atoms with Crippen molar-refractivity contribution in [2.75, 3.05) is 0 Å². The maximum absolute atomic E-state index is 2.17. The van der Waals surface area contributed by atoms with Crippen LogP contribution in [-0.4, -0.2) is 0 Å². The van der Waals surface area contributed by atoms with E-state index < -0.39 is 0 Å². The molecule has 0 N–H and O–H groups in total. The Morgan fingerprint density at radius 1 is 0.667 bits per heavy atom. The summed E-state index contributed by atoms with van der Waals surface area (Å²) in [6, 6.07) is 0. The standard InChI is InChI=1S/C4H10.4CH3.Pt/c1-4(2)3;;;;;/h4H,1-3H3;4*1H3;/q;4*-1;+4. The number of rotatable bonds is 0. The Labute approximate surface area is 77.7 Å². The molecule has 0 aromatic carbocycles. The van der Waals surface area contributed by atoms with Crippen LogP contribution >= 0.6 is 0 Å². The van der Waals surface area contributed by atoms with Crippen molar-refractivity contribution in [3.8, 4) is 0 Å². The second kappa shape index (κ2) is 37.8. The molecule has 0 nitrogen and oxygen atoms in total. The molecule has 0 atom stereocenters. The van der Waals surface area contributed by atoms with Gasteiger partial charge in [-0.1, -0.05) is 20.8 Å². The predicted molar refractivity (Wildman–Crippen MR) is 46.2 cm³/mol. The first kappa shape index (κ1) is 53.8. The van der Waals surface area contributed by atoms with Crippen LogP contribution < -0.4 is 0 Å². The molecule has 64 valence electrons. The molecular formula is C8H22Pt. The fraction of sp³-hybridized carbons (Fsp3) is 0.500. The Bertz CT molecular complexity index is 9.28. The largest absolute Gasteiger partial charge is 4.00 e. The second-order valence-electron chi connectivity index (χ2n) is 1.73. The number of hydrogen-bond acceptors (Lipinski definition) is 0. The zero-order chi connectivity index (χ0) is 3.58. The van der Waals surface area contributed by atoms with Crippen molar-refractivity contribution in [2.45, 2.75) is 20.8 Å². The summed E-state index contributed by atoms with van der Waals surface area (Å²) in [5.74, 6) is 0.833. The van der Waals surface area contributed by atoms with Gasteiger partial charge in [0.2, 0.25) is 0 Å². The maximum atomic E-state index is 2.17. The summed E-state index contributed by atoms with van der Waals surface area (Å²) in [5.41, 5.74) is 0.